The van der Waals surface area contributed by atoms with Crippen molar-refractivity contribution in [3.8, 4) is 0 Å². The van der Waals surface area contributed by atoms with Gasteiger partial charge in [0.15, 0.2) is 5.82 Å². The van der Waals surface area contributed by atoms with E-state index in [-0.39, 0.29) is 5.41 Å². The highest BCUT2D eigenvalue weighted by Gasteiger charge is 2.39. The van der Waals surface area contributed by atoms with Crippen molar-refractivity contribution in [3.63, 3.8) is 0 Å². The van der Waals surface area contributed by atoms with Gasteiger partial charge in [-0.05, 0) is 25.8 Å². The van der Waals surface area contributed by atoms with Crippen LogP contribution in [0.25, 0.3) is 0 Å². The summed E-state index contributed by atoms with van der Waals surface area (Å²) in [5.74, 6) is 2.84. The van der Waals surface area contributed by atoms with Crippen LogP contribution in [0, 0.1) is 0 Å². The third kappa shape index (κ3) is 3.13. The molecule has 0 bridgehead atoms. The Balaban J connectivity index is 1.76. The largest absolute Gasteiger partial charge is 0.339 e. The fraction of sp³-hybridized carbons (Fsp3) is 0.867. The minimum Gasteiger partial charge on any atom is -0.339 e. The summed E-state index contributed by atoms with van der Waals surface area (Å²) in [6, 6.07) is 0. The highest BCUT2D eigenvalue weighted by atomic mass is 32.2. The molecule has 0 aromatic carbocycles. The van der Waals surface area contributed by atoms with Gasteiger partial charge in [-0.25, -0.2) is 0 Å². The molecule has 21 heavy (non-hydrogen) atoms. The Morgan fingerprint density at radius 1 is 1.38 bits per heavy atom. The van der Waals surface area contributed by atoms with Gasteiger partial charge in [-0.3, -0.25) is 0 Å². The molecule has 1 N–H and O–H groups in total. The van der Waals surface area contributed by atoms with Gasteiger partial charge in [0, 0.05) is 22.8 Å². The third-order valence-corrected chi connectivity index (χ3v) is 8.27. The molecule has 2 aliphatic heterocycles. The summed E-state index contributed by atoms with van der Waals surface area (Å²) < 4.78 is 5.69. The molecule has 0 spiro atoms. The predicted octanol–water partition coefficient (Wildman–Crippen LogP) is 3.40. The Hall–Kier alpha value is -0.200. The summed E-state index contributed by atoms with van der Waals surface area (Å²) in [7, 11) is 0. The molecule has 4 nitrogen and oxygen atoms in total. The minimum absolute atomic E-state index is 0.0505. The summed E-state index contributed by atoms with van der Waals surface area (Å²) >= 11 is 4.02. The summed E-state index contributed by atoms with van der Waals surface area (Å²) in [6.07, 6.45) is 3.40. The second-order valence-electron chi connectivity index (χ2n) is 6.24. The Kier molecular flexibility index (Phi) is 4.86. The summed E-state index contributed by atoms with van der Waals surface area (Å²) in [6.45, 7) is 8.90. The molecule has 6 heteroatoms. The van der Waals surface area contributed by atoms with Gasteiger partial charge in [-0.1, -0.05) is 25.9 Å². The average Bonchev–Trinajstić information content (AvgIpc) is 3.01. The molecular weight excluding hydrogens is 302 g/mol. The van der Waals surface area contributed by atoms with Crippen LogP contribution >= 0.6 is 23.5 Å². The molecule has 1 aromatic heterocycles. The zero-order valence-corrected chi connectivity index (χ0v) is 14.7. The molecular formula is C15H25N3OS2. The smallest absolute Gasteiger partial charge is 0.234 e. The van der Waals surface area contributed by atoms with Crippen molar-refractivity contribution in [1.29, 1.82) is 0 Å². The minimum atomic E-state index is 0.0505. The van der Waals surface area contributed by atoms with Crippen molar-refractivity contribution in [1.82, 2.24) is 15.5 Å². The lowest BCUT2D eigenvalue weighted by molar-refractivity contribution is 0.220. The molecule has 0 saturated carbocycles. The number of aromatic nitrogens is 2. The van der Waals surface area contributed by atoms with Gasteiger partial charge in [0.2, 0.25) is 5.89 Å². The standard InChI is InChI=1S/C15H25N3OS2/c1-4-15(6-5-7-16-9-15)14-17-13(18-19-14)12-8-20-10(2)11(3)21-12/h10-12,16H,4-9H2,1-3H3. The van der Waals surface area contributed by atoms with Crippen molar-refractivity contribution in [2.24, 2.45) is 0 Å². The monoisotopic (exact) mass is 327 g/mol. The van der Waals surface area contributed by atoms with Gasteiger partial charge < -0.3 is 9.84 Å². The van der Waals surface area contributed by atoms with Crippen LogP contribution in [0.5, 0.6) is 0 Å². The Labute approximate surface area is 135 Å². The van der Waals surface area contributed by atoms with Crippen molar-refractivity contribution in [3.05, 3.63) is 11.7 Å². The van der Waals surface area contributed by atoms with E-state index in [4.69, 9.17) is 9.51 Å². The Morgan fingerprint density at radius 2 is 2.24 bits per heavy atom. The second kappa shape index (κ2) is 6.50. The number of piperidine rings is 1. The number of nitrogens with one attached hydrogen (secondary N) is 1. The maximum absolute atomic E-state index is 5.69. The maximum Gasteiger partial charge on any atom is 0.234 e. The lowest BCUT2D eigenvalue weighted by atomic mass is 9.78. The van der Waals surface area contributed by atoms with Crippen LogP contribution in [-0.2, 0) is 5.41 Å². The second-order valence-corrected chi connectivity index (χ2v) is 9.24. The first-order valence-corrected chi connectivity index (χ1v) is 9.95. The van der Waals surface area contributed by atoms with E-state index in [0.29, 0.717) is 15.7 Å². The molecule has 4 atom stereocenters. The SMILES string of the molecule is CCC1(c2nc(C3CSC(C)C(C)S3)no2)CCCNC1. The van der Waals surface area contributed by atoms with Crippen LogP contribution < -0.4 is 5.32 Å². The Morgan fingerprint density at radius 3 is 2.90 bits per heavy atom. The fourth-order valence-electron chi connectivity index (χ4n) is 3.10. The molecule has 2 saturated heterocycles. The summed E-state index contributed by atoms with van der Waals surface area (Å²) in [4.78, 5) is 4.81. The lowest BCUT2D eigenvalue weighted by Crippen LogP contribution is -2.43. The maximum atomic E-state index is 5.69. The number of thioether (sulfide) groups is 2. The van der Waals surface area contributed by atoms with E-state index in [1.807, 2.05) is 23.5 Å². The van der Waals surface area contributed by atoms with Crippen LogP contribution in [0.4, 0.5) is 0 Å². The van der Waals surface area contributed by atoms with Crippen molar-refractivity contribution >= 4 is 23.5 Å². The van der Waals surface area contributed by atoms with E-state index < -0.39 is 0 Å². The zero-order valence-electron chi connectivity index (χ0n) is 13.1. The van der Waals surface area contributed by atoms with Gasteiger partial charge in [0.05, 0.1) is 10.7 Å². The first kappa shape index (κ1) is 15.7. The lowest BCUT2D eigenvalue weighted by Gasteiger charge is -2.33. The van der Waals surface area contributed by atoms with Crippen LogP contribution in [0.2, 0.25) is 0 Å². The van der Waals surface area contributed by atoms with Gasteiger partial charge in [0.1, 0.15) is 0 Å². The number of hydrogen-bond donors (Lipinski definition) is 1. The number of hydrogen-bond acceptors (Lipinski definition) is 6. The average molecular weight is 328 g/mol. The highest BCUT2D eigenvalue weighted by Crippen LogP contribution is 2.44. The molecule has 118 valence electrons. The molecule has 3 heterocycles. The molecule has 2 fully saturated rings. The summed E-state index contributed by atoms with van der Waals surface area (Å²) in [5.41, 5.74) is 0.0505. The van der Waals surface area contributed by atoms with Crippen molar-refractivity contribution in [2.45, 2.75) is 61.2 Å². The van der Waals surface area contributed by atoms with Crippen molar-refractivity contribution in [2.75, 3.05) is 18.8 Å². The molecule has 0 aliphatic carbocycles. The first-order chi connectivity index (χ1) is 10.1. The third-order valence-electron chi connectivity index (χ3n) is 4.88. The van der Waals surface area contributed by atoms with Crippen molar-refractivity contribution < 1.29 is 4.52 Å². The molecule has 2 aliphatic rings. The zero-order chi connectivity index (χ0) is 14.9. The van der Waals surface area contributed by atoms with Crippen LogP contribution in [0.15, 0.2) is 4.52 Å². The van der Waals surface area contributed by atoms with Crippen LogP contribution in [0.1, 0.15) is 57.0 Å². The van der Waals surface area contributed by atoms with E-state index in [1.54, 1.807) is 0 Å². The van der Waals surface area contributed by atoms with Gasteiger partial charge >= 0.3 is 0 Å². The van der Waals surface area contributed by atoms with E-state index in [1.165, 1.54) is 6.42 Å². The number of nitrogens with zero attached hydrogens (tertiary/aromatic N) is 2. The predicted molar refractivity (Wildman–Crippen MR) is 90.1 cm³/mol. The van der Waals surface area contributed by atoms with Gasteiger partial charge in [-0.15, -0.1) is 11.8 Å². The normalized spacial score (nSPS) is 37.6. The first-order valence-electron chi connectivity index (χ1n) is 7.96. The number of rotatable bonds is 3. The van der Waals surface area contributed by atoms with E-state index in [2.05, 4.69) is 31.2 Å². The summed E-state index contributed by atoms with van der Waals surface area (Å²) in [5, 5.41) is 9.54. The fourth-order valence-corrected chi connectivity index (χ4v) is 5.94. The molecule has 0 amide bonds. The quantitative estimate of drug-likeness (QED) is 0.918. The topological polar surface area (TPSA) is 51.0 Å². The molecule has 1 aromatic rings. The molecule has 3 rings (SSSR count). The van der Waals surface area contributed by atoms with E-state index >= 15 is 0 Å². The van der Waals surface area contributed by atoms with Gasteiger partial charge in [-0.2, -0.15) is 16.7 Å². The van der Waals surface area contributed by atoms with E-state index in [9.17, 15) is 0 Å². The Bertz CT molecular complexity index is 473. The molecule has 4 unspecified atom stereocenters. The van der Waals surface area contributed by atoms with Gasteiger partial charge in [0.25, 0.3) is 0 Å². The van der Waals surface area contributed by atoms with Crippen LogP contribution in [0.3, 0.4) is 0 Å². The highest BCUT2D eigenvalue weighted by molar-refractivity contribution is 8.07. The van der Waals surface area contributed by atoms with E-state index in [0.717, 1.165) is 43.4 Å². The van der Waals surface area contributed by atoms with Crippen LogP contribution in [-0.4, -0.2) is 39.5 Å². The molecule has 0 radical (unpaired) electrons.